The Morgan fingerprint density at radius 2 is 2.13 bits per heavy atom. The van der Waals surface area contributed by atoms with Gasteiger partial charge in [-0.15, -0.1) is 10.2 Å². The molecule has 0 atom stereocenters. The van der Waals surface area contributed by atoms with E-state index in [1.165, 1.54) is 0 Å². The molecule has 1 aromatic heterocycles. The summed E-state index contributed by atoms with van der Waals surface area (Å²) >= 11 is 0. The van der Waals surface area contributed by atoms with Crippen LogP contribution in [0.4, 0.5) is 13.2 Å². The lowest BCUT2D eigenvalue weighted by Crippen LogP contribution is -2.48. The third-order valence-corrected chi connectivity index (χ3v) is 2.19. The number of hydrogen-bond donors (Lipinski definition) is 2. The van der Waals surface area contributed by atoms with Gasteiger partial charge in [0.05, 0.1) is 0 Å². The van der Waals surface area contributed by atoms with E-state index < -0.39 is 23.4 Å². The van der Waals surface area contributed by atoms with Gasteiger partial charge in [0.2, 0.25) is 0 Å². The third kappa shape index (κ3) is 1.64. The van der Waals surface area contributed by atoms with Crippen molar-refractivity contribution in [1.29, 1.82) is 0 Å². The Bertz CT molecular complexity index is 369. The first-order valence-corrected chi connectivity index (χ1v) is 4.07. The zero-order valence-electron chi connectivity index (χ0n) is 7.30. The number of aromatic amines is 1. The number of amides is 1. The molecule has 1 heterocycles. The van der Waals surface area contributed by atoms with Crippen LogP contribution in [0.15, 0.2) is 0 Å². The zero-order valence-corrected chi connectivity index (χ0v) is 7.30. The Balaban J connectivity index is 2.08. The van der Waals surface area contributed by atoms with Gasteiger partial charge >= 0.3 is 6.18 Å². The van der Waals surface area contributed by atoms with E-state index in [-0.39, 0.29) is 12.8 Å². The van der Waals surface area contributed by atoms with E-state index in [0.717, 1.165) is 0 Å². The Morgan fingerprint density at radius 3 is 2.53 bits per heavy atom. The van der Waals surface area contributed by atoms with Crippen molar-refractivity contribution in [1.82, 2.24) is 25.9 Å². The molecule has 0 aromatic carbocycles. The second kappa shape index (κ2) is 2.91. The molecule has 9 heteroatoms. The number of H-pyrrole nitrogens is 1. The van der Waals surface area contributed by atoms with Crippen LogP contribution >= 0.6 is 0 Å². The monoisotopic (exact) mass is 221 g/mol. The fourth-order valence-electron chi connectivity index (χ4n) is 1.14. The van der Waals surface area contributed by atoms with E-state index in [0.29, 0.717) is 0 Å². The minimum atomic E-state index is -4.44. The summed E-state index contributed by atoms with van der Waals surface area (Å²) in [5.41, 5.74) is -2.09. The molecule has 1 aliphatic carbocycles. The highest BCUT2D eigenvalue weighted by atomic mass is 19.4. The first kappa shape index (κ1) is 9.87. The summed E-state index contributed by atoms with van der Waals surface area (Å²) in [6.07, 6.45) is -4.66. The zero-order chi connectivity index (χ0) is 11.1. The molecule has 0 unspecified atom stereocenters. The van der Waals surface area contributed by atoms with Crippen molar-refractivity contribution >= 4 is 5.91 Å². The Kier molecular flexibility index (Phi) is 1.91. The van der Waals surface area contributed by atoms with E-state index in [1.54, 1.807) is 0 Å². The van der Waals surface area contributed by atoms with Crippen LogP contribution in [-0.4, -0.2) is 38.2 Å². The normalized spacial score (nSPS) is 18.6. The van der Waals surface area contributed by atoms with E-state index in [9.17, 15) is 18.0 Å². The molecular formula is C6H6F3N5O. The minimum absolute atomic E-state index is 0.111. The molecule has 2 rings (SSSR count). The highest BCUT2D eigenvalue weighted by Crippen LogP contribution is 2.48. The number of aromatic nitrogens is 4. The maximum Gasteiger partial charge on any atom is 0.411 e. The lowest BCUT2D eigenvalue weighted by Gasteiger charge is -2.19. The van der Waals surface area contributed by atoms with Gasteiger partial charge < -0.3 is 5.32 Å². The topological polar surface area (TPSA) is 83.6 Å². The van der Waals surface area contributed by atoms with Crippen molar-refractivity contribution in [3.05, 3.63) is 5.82 Å². The van der Waals surface area contributed by atoms with Gasteiger partial charge in [0.1, 0.15) is 5.54 Å². The van der Waals surface area contributed by atoms with Crippen molar-refractivity contribution in [2.24, 2.45) is 0 Å². The fraction of sp³-hybridized carbons (Fsp3) is 0.667. The summed E-state index contributed by atoms with van der Waals surface area (Å²) in [4.78, 5) is 11.2. The summed E-state index contributed by atoms with van der Waals surface area (Å²) in [5.74, 6) is -1.37. The summed E-state index contributed by atoms with van der Waals surface area (Å²) in [7, 11) is 0. The average Bonchev–Trinajstić information content (AvgIpc) is 2.74. The molecule has 1 saturated carbocycles. The maximum atomic E-state index is 12.4. The van der Waals surface area contributed by atoms with Crippen LogP contribution in [0.3, 0.4) is 0 Å². The third-order valence-electron chi connectivity index (χ3n) is 2.19. The van der Waals surface area contributed by atoms with E-state index >= 15 is 0 Å². The van der Waals surface area contributed by atoms with Gasteiger partial charge in [-0.05, 0) is 18.1 Å². The first-order chi connectivity index (χ1) is 6.95. The molecule has 2 N–H and O–H groups in total. The molecule has 0 bridgehead atoms. The number of alkyl halides is 3. The van der Waals surface area contributed by atoms with Crippen molar-refractivity contribution in [2.75, 3.05) is 0 Å². The van der Waals surface area contributed by atoms with Gasteiger partial charge in [-0.1, -0.05) is 0 Å². The number of halogens is 3. The second-order valence-corrected chi connectivity index (χ2v) is 3.27. The number of carbonyl (C=O) groups is 1. The van der Waals surface area contributed by atoms with Crippen molar-refractivity contribution < 1.29 is 18.0 Å². The fourth-order valence-corrected chi connectivity index (χ4v) is 1.14. The largest absolute Gasteiger partial charge is 0.411 e. The summed E-state index contributed by atoms with van der Waals surface area (Å²) < 4.78 is 37.3. The highest BCUT2D eigenvalue weighted by Gasteiger charge is 2.64. The SMILES string of the molecule is O=C(NC1(C(F)(F)F)CC1)c1nn[nH]n1. The lowest BCUT2D eigenvalue weighted by molar-refractivity contribution is -0.163. The Hall–Kier alpha value is -1.67. The van der Waals surface area contributed by atoms with Crippen LogP contribution in [0.1, 0.15) is 23.5 Å². The quantitative estimate of drug-likeness (QED) is 0.737. The van der Waals surface area contributed by atoms with Crippen molar-refractivity contribution in [3.8, 4) is 0 Å². The summed E-state index contributed by atoms with van der Waals surface area (Å²) in [6, 6.07) is 0. The van der Waals surface area contributed by atoms with Gasteiger partial charge in [0, 0.05) is 0 Å². The number of nitrogens with one attached hydrogen (secondary N) is 2. The van der Waals surface area contributed by atoms with Crippen LogP contribution < -0.4 is 5.32 Å². The van der Waals surface area contributed by atoms with Crippen LogP contribution in [-0.2, 0) is 0 Å². The first-order valence-electron chi connectivity index (χ1n) is 4.07. The Labute approximate surface area is 81.2 Å². The predicted molar refractivity (Wildman–Crippen MR) is 39.7 cm³/mol. The molecule has 1 aliphatic rings. The molecule has 1 aromatic rings. The Morgan fingerprint density at radius 1 is 1.47 bits per heavy atom. The van der Waals surface area contributed by atoms with E-state index in [2.05, 4.69) is 15.4 Å². The van der Waals surface area contributed by atoms with E-state index in [1.807, 2.05) is 10.5 Å². The van der Waals surface area contributed by atoms with Gasteiger partial charge in [-0.25, -0.2) is 0 Å². The number of hydrogen-bond acceptors (Lipinski definition) is 4. The molecule has 82 valence electrons. The van der Waals surface area contributed by atoms with Gasteiger partial charge in [-0.3, -0.25) is 4.79 Å². The summed E-state index contributed by atoms with van der Waals surface area (Å²) in [6.45, 7) is 0. The number of tetrazole rings is 1. The highest BCUT2D eigenvalue weighted by molar-refractivity contribution is 5.91. The average molecular weight is 221 g/mol. The molecule has 0 saturated heterocycles. The smallest absolute Gasteiger partial charge is 0.335 e. The van der Waals surface area contributed by atoms with Crippen LogP contribution in [0, 0.1) is 0 Å². The lowest BCUT2D eigenvalue weighted by atomic mass is 10.2. The van der Waals surface area contributed by atoms with Gasteiger partial charge in [0.25, 0.3) is 11.7 Å². The van der Waals surface area contributed by atoms with Crippen molar-refractivity contribution in [2.45, 2.75) is 24.6 Å². The van der Waals surface area contributed by atoms with Gasteiger partial charge in [-0.2, -0.15) is 18.4 Å². The van der Waals surface area contributed by atoms with E-state index in [4.69, 9.17) is 0 Å². The van der Waals surface area contributed by atoms with Crippen LogP contribution in [0.2, 0.25) is 0 Å². The second-order valence-electron chi connectivity index (χ2n) is 3.27. The predicted octanol–water partition coefficient (Wildman–Crippen LogP) is 0.0244. The standard InChI is InChI=1S/C6H6F3N5O/c7-6(8,9)5(1-2-5)10-4(15)3-11-13-14-12-3/h1-2H2,(H,10,15)(H,11,12,13,14). The molecule has 0 spiro atoms. The molecule has 0 radical (unpaired) electrons. The number of nitrogens with zero attached hydrogens (tertiary/aromatic N) is 3. The molecule has 0 aliphatic heterocycles. The number of rotatable bonds is 2. The maximum absolute atomic E-state index is 12.4. The van der Waals surface area contributed by atoms with Gasteiger partial charge in [0.15, 0.2) is 0 Å². The molecule has 1 amide bonds. The van der Waals surface area contributed by atoms with Crippen molar-refractivity contribution in [3.63, 3.8) is 0 Å². The van der Waals surface area contributed by atoms with Crippen LogP contribution in [0.25, 0.3) is 0 Å². The number of carbonyl (C=O) groups excluding carboxylic acids is 1. The molecule has 15 heavy (non-hydrogen) atoms. The minimum Gasteiger partial charge on any atom is -0.335 e. The van der Waals surface area contributed by atoms with Crippen LogP contribution in [0.5, 0.6) is 0 Å². The molecule has 1 fully saturated rings. The molecule has 6 nitrogen and oxygen atoms in total. The summed E-state index contributed by atoms with van der Waals surface area (Å²) in [5, 5.41) is 13.5. The molecular weight excluding hydrogens is 215 g/mol.